The molecule has 3 heterocycles. The molecule has 3 rings (SSSR count). The Morgan fingerprint density at radius 1 is 1.30 bits per heavy atom. The summed E-state index contributed by atoms with van der Waals surface area (Å²) < 4.78 is 0.831. The minimum absolute atomic E-state index is 0.0464. The predicted molar refractivity (Wildman–Crippen MR) is 82.6 cm³/mol. The van der Waals surface area contributed by atoms with Gasteiger partial charge in [0.05, 0.1) is 9.85 Å². The van der Waals surface area contributed by atoms with Crippen LogP contribution in [0, 0.1) is 0 Å². The number of hydrogen-bond donors (Lipinski definition) is 0. The fourth-order valence-corrected chi connectivity index (χ4v) is 3.90. The molecule has 1 saturated heterocycles. The van der Waals surface area contributed by atoms with E-state index in [1.165, 1.54) is 16.2 Å². The molecule has 1 amide bonds. The van der Waals surface area contributed by atoms with Crippen molar-refractivity contribution >= 4 is 40.2 Å². The number of hydrogen-bond acceptors (Lipinski definition) is 5. The summed E-state index contributed by atoms with van der Waals surface area (Å²) in [6, 6.07) is 4.00. The maximum absolute atomic E-state index is 12.2. The highest BCUT2D eigenvalue weighted by Crippen LogP contribution is 2.23. The zero-order chi connectivity index (χ0) is 13.9. The van der Waals surface area contributed by atoms with Crippen molar-refractivity contribution in [1.82, 2.24) is 14.8 Å². The third kappa shape index (κ3) is 3.20. The van der Waals surface area contributed by atoms with E-state index in [9.17, 15) is 4.79 Å². The van der Waals surface area contributed by atoms with Gasteiger partial charge in [0.1, 0.15) is 5.69 Å². The molecule has 2 aromatic rings. The molecular weight excluding hydrogens is 314 g/mol. The summed E-state index contributed by atoms with van der Waals surface area (Å²) in [5.74, 6) is 0.0464. The first-order valence-electron chi connectivity index (χ1n) is 6.36. The standard InChI is InChI=1S/C13H14ClN3OS2/c14-12-2-1-10(20-12)7-16-3-5-17(6-4-16)13(18)11-8-19-9-15-11/h1-2,8-9H,3-7H2. The highest BCUT2D eigenvalue weighted by Gasteiger charge is 2.23. The summed E-state index contributed by atoms with van der Waals surface area (Å²) in [6.07, 6.45) is 0. The van der Waals surface area contributed by atoms with Crippen molar-refractivity contribution in [2.24, 2.45) is 0 Å². The van der Waals surface area contributed by atoms with Crippen molar-refractivity contribution in [1.29, 1.82) is 0 Å². The van der Waals surface area contributed by atoms with Crippen molar-refractivity contribution in [3.63, 3.8) is 0 Å². The lowest BCUT2D eigenvalue weighted by molar-refractivity contribution is 0.0624. The van der Waals surface area contributed by atoms with Crippen LogP contribution in [0.3, 0.4) is 0 Å². The number of thiophene rings is 1. The molecule has 7 heteroatoms. The number of thiazole rings is 1. The SMILES string of the molecule is O=C(c1cscn1)N1CCN(Cc2ccc(Cl)s2)CC1. The summed E-state index contributed by atoms with van der Waals surface area (Å²) in [6.45, 7) is 4.22. The topological polar surface area (TPSA) is 36.4 Å². The number of amides is 1. The smallest absolute Gasteiger partial charge is 0.273 e. The number of carbonyl (C=O) groups is 1. The van der Waals surface area contributed by atoms with Crippen LogP contribution in [0.4, 0.5) is 0 Å². The lowest BCUT2D eigenvalue weighted by Gasteiger charge is -2.34. The van der Waals surface area contributed by atoms with E-state index in [1.54, 1.807) is 16.8 Å². The van der Waals surface area contributed by atoms with Gasteiger partial charge in [-0.25, -0.2) is 4.98 Å². The van der Waals surface area contributed by atoms with Crippen LogP contribution >= 0.6 is 34.3 Å². The molecule has 0 saturated carbocycles. The van der Waals surface area contributed by atoms with Crippen molar-refractivity contribution in [3.05, 3.63) is 37.9 Å². The summed E-state index contributed by atoms with van der Waals surface area (Å²) in [5.41, 5.74) is 2.26. The zero-order valence-corrected chi connectivity index (χ0v) is 13.2. The maximum atomic E-state index is 12.2. The van der Waals surface area contributed by atoms with E-state index in [0.29, 0.717) is 5.69 Å². The lowest BCUT2D eigenvalue weighted by Crippen LogP contribution is -2.48. The maximum Gasteiger partial charge on any atom is 0.273 e. The van der Waals surface area contributed by atoms with Crippen LogP contribution in [-0.4, -0.2) is 46.9 Å². The normalized spacial score (nSPS) is 16.6. The Kier molecular flexibility index (Phi) is 4.35. The van der Waals surface area contributed by atoms with Gasteiger partial charge in [-0.15, -0.1) is 22.7 Å². The second-order valence-electron chi connectivity index (χ2n) is 4.65. The van der Waals surface area contributed by atoms with E-state index >= 15 is 0 Å². The summed E-state index contributed by atoms with van der Waals surface area (Å²) in [5, 5.41) is 1.81. The lowest BCUT2D eigenvalue weighted by atomic mass is 10.2. The van der Waals surface area contributed by atoms with Crippen LogP contribution in [0.2, 0.25) is 4.34 Å². The molecule has 0 spiro atoms. The van der Waals surface area contributed by atoms with E-state index in [1.807, 2.05) is 16.3 Å². The highest BCUT2D eigenvalue weighted by molar-refractivity contribution is 7.16. The van der Waals surface area contributed by atoms with Gasteiger partial charge in [-0.3, -0.25) is 9.69 Å². The van der Waals surface area contributed by atoms with Crippen molar-refractivity contribution in [3.8, 4) is 0 Å². The number of piperazine rings is 1. The number of aromatic nitrogens is 1. The van der Waals surface area contributed by atoms with Gasteiger partial charge >= 0.3 is 0 Å². The van der Waals surface area contributed by atoms with Gasteiger partial charge in [0, 0.05) is 43.0 Å². The van der Waals surface area contributed by atoms with E-state index in [-0.39, 0.29) is 5.91 Å². The van der Waals surface area contributed by atoms with Crippen LogP contribution in [0.5, 0.6) is 0 Å². The van der Waals surface area contributed by atoms with Gasteiger partial charge in [0.25, 0.3) is 5.91 Å². The summed E-state index contributed by atoms with van der Waals surface area (Å²) in [4.78, 5) is 21.8. The van der Waals surface area contributed by atoms with E-state index in [2.05, 4.69) is 16.0 Å². The fraction of sp³-hybridized carbons (Fsp3) is 0.385. The molecule has 0 radical (unpaired) electrons. The molecule has 20 heavy (non-hydrogen) atoms. The molecule has 4 nitrogen and oxygen atoms in total. The molecule has 0 aliphatic carbocycles. The van der Waals surface area contributed by atoms with Crippen LogP contribution in [0.25, 0.3) is 0 Å². The number of rotatable bonds is 3. The number of halogens is 1. The van der Waals surface area contributed by atoms with Crippen LogP contribution in [0.15, 0.2) is 23.0 Å². The van der Waals surface area contributed by atoms with Gasteiger partial charge in [0.15, 0.2) is 0 Å². The molecule has 0 atom stereocenters. The second-order valence-corrected chi connectivity index (χ2v) is 7.17. The van der Waals surface area contributed by atoms with Gasteiger partial charge in [-0.2, -0.15) is 0 Å². The van der Waals surface area contributed by atoms with Crippen LogP contribution in [0.1, 0.15) is 15.4 Å². The Bertz CT molecular complexity index is 576. The second kappa shape index (κ2) is 6.22. The monoisotopic (exact) mass is 327 g/mol. The Morgan fingerprint density at radius 3 is 2.70 bits per heavy atom. The minimum atomic E-state index is 0.0464. The average molecular weight is 328 g/mol. The Morgan fingerprint density at radius 2 is 2.10 bits per heavy atom. The summed E-state index contributed by atoms with van der Waals surface area (Å²) >= 11 is 9.02. The molecule has 0 bridgehead atoms. The van der Waals surface area contributed by atoms with Crippen molar-refractivity contribution in [2.75, 3.05) is 26.2 Å². The molecule has 1 fully saturated rings. The molecule has 0 N–H and O–H groups in total. The Labute approximate surface area is 130 Å². The first kappa shape index (κ1) is 14.0. The third-order valence-electron chi connectivity index (χ3n) is 3.32. The molecule has 106 valence electrons. The van der Waals surface area contributed by atoms with Gasteiger partial charge in [-0.05, 0) is 12.1 Å². The molecule has 1 aliphatic heterocycles. The van der Waals surface area contributed by atoms with Crippen molar-refractivity contribution in [2.45, 2.75) is 6.54 Å². The van der Waals surface area contributed by atoms with E-state index in [4.69, 9.17) is 11.6 Å². The largest absolute Gasteiger partial charge is 0.335 e. The fourth-order valence-electron chi connectivity index (χ4n) is 2.25. The Hall–Kier alpha value is -0.950. The molecule has 1 aliphatic rings. The predicted octanol–water partition coefficient (Wildman–Crippen LogP) is 2.82. The zero-order valence-electron chi connectivity index (χ0n) is 10.8. The molecule has 0 unspecified atom stereocenters. The minimum Gasteiger partial charge on any atom is -0.335 e. The molecular formula is C13H14ClN3OS2. The van der Waals surface area contributed by atoms with Gasteiger partial charge in [0.2, 0.25) is 0 Å². The van der Waals surface area contributed by atoms with E-state index < -0.39 is 0 Å². The quantitative estimate of drug-likeness (QED) is 0.869. The highest BCUT2D eigenvalue weighted by atomic mass is 35.5. The number of nitrogens with zero attached hydrogens (tertiary/aromatic N) is 3. The Balaban J connectivity index is 1.53. The van der Waals surface area contributed by atoms with Crippen molar-refractivity contribution < 1.29 is 4.79 Å². The van der Waals surface area contributed by atoms with Crippen LogP contribution in [-0.2, 0) is 6.54 Å². The van der Waals surface area contributed by atoms with Gasteiger partial charge in [-0.1, -0.05) is 11.6 Å². The first-order valence-corrected chi connectivity index (χ1v) is 8.50. The first-order chi connectivity index (χ1) is 9.72. The van der Waals surface area contributed by atoms with E-state index in [0.717, 1.165) is 37.1 Å². The van der Waals surface area contributed by atoms with Gasteiger partial charge < -0.3 is 4.90 Å². The average Bonchev–Trinajstić information content (AvgIpc) is 3.11. The molecule has 2 aromatic heterocycles. The third-order valence-corrected chi connectivity index (χ3v) is 5.12. The molecule has 0 aromatic carbocycles. The summed E-state index contributed by atoms with van der Waals surface area (Å²) in [7, 11) is 0. The number of carbonyl (C=O) groups excluding carboxylic acids is 1. The van der Waals surface area contributed by atoms with Crippen LogP contribution < -0.4 is 0 Å².